The number of carbonyl (C=O) groups is 1. The molecule has 0 aliphatic carbocycles. The van der Waals surface area contributed by atoms with Crippen LogP contribution in [-0.2, 0) is 14.3 Å². The molecular weight excluding hydrogens is 678 g/mol. The molecule has 312 valence electrons. The number of aliphatic hydroxyl groups is 7. The van der Waals surface area contributed by atoms with Crippen molar-refractivity contribution in [2.45, 2.75) is 223 Å². The van der Waals surface area contributed by atoms with Crippen molar-refractivity contribution >= 4 is 5.91 Å². The second-order valence-electron chi connectivity index (χ2n) is 15.1. The van der Waals surface area contributed by atoms with Crippen LogP contribution in [0.2, 0.25) is 0 Å². The van der Waals surface area contributed by atoms with Crippen LogP contribution in [0.15, 0.2) is 24.3 Å². The van der Waals surface area contributed by atoms with E-state index in [1.807, 2.05) is 0 Å². The monoisotopic (exact) mass is 758 g/mol. The van der Waals surface area contributed by atoms with Crippen molar-refractivity contribution in [3.63, 3.8) is 0 Å². The van der Waals surface area contributed by atoms with Crippen molar-refractivity contribution in [2.24, 2.45) is 0 Å². The Morgan fingerprint density at radius 2 is 1.13 bits per heavy atom. The quantitative estimate of drug-likeness (QED) is 0.0291. The molecule has 0 aromatic heterocycles. The number of hydrogen-bond donors (Lipinski definition) is 8. The summed E-state index contributed by atoms with van der Waals surface area (Å²) in [7, 11) is 0. The number of aliphatic hydroxyl groups excluding tert-OH is 7. The van der Waals surface area contributed by atoms with Crippen molar-refractivity contribution in [1.82, 2.24) is 5.32 Å². The molecule has 0 saturated carbocycles. The van der Waals surface area contributed by atoms with Crippen LogP contribution in [0.5, 0.6) is 0 Å². The fourth-order valence-electron chi connectivity index (χ4n) is 6.63. The summed E-state index contributed by atoms with van der Waals surface area (Å²) in [5.74, 6) is -0.716. The largest absolute Gasteiger partial charge is 0.394 e. The zero-order valence-corrected chi connectivity index (χ0v) is 33.2. The van der Waals surface area contributed by atoms with E-state index in [0.29, 0.717) is 19.3 Å². The van der Waals surface area contributed by atoms with E-state index < -0.39 is 74.2 Å². The third-order valence-corrected chi connectivity index (χ3v) is 10.2. The average molecular weight is 758 g/mol. The van der Waals surface area contributed by atoms with E-state index in [4.69, 9.17) is 9.47 Å². The first-order valence-electron chi connectivity index (χ1n) is 21.2. The molecule has 1 rings (SSSR count). The van der Waals surface area contributed by atoms with E-state index in [1.54, 1.807) is 0 Å². The van der Waals surface area contributed by atoms with Gasteiger partial charge in [0.1, 0.15) is 36.6 Å². The molecule has 0 aromatic rings. The molecule has 1 heterocycles. The Hall–Kier alpha value is -1.41. The minimum atomic E-state index is -1.67. The number of hydrogen-bond acceptors (Lipinski definition) is 10. The predicted octanol–water partition coefficient (Wildman–Crippen LogP) is 5.89. The molecule has 0 radical (unpaired) electrons. The smallest absolute Gasteiger partial charge is 0.249 e. The molecule has 1 amide bonds. The fraction of sp³-hybridized carbons (Fsp3) is 0.881. The van der Waals surface area contributed by atoms with E-state index in [-0.39, 0.29) is 12.8 Å². The first kappa shape index (κ1) is 49.6. The fourth-order valence-corrected chi connectivity index (χ4v) is 6.63. The van der Waals surface area contributed by atoms with E-state index >= 15 is 0 Å². The zero-order valence-electron chi connectivity index (χ0n) is 33.2. The van der Waals surface area contributed by atoms with Gasteiger partial charge in [0.05, 0.1) is 25.4 Å². The lowest BCUT2D eigenvalue weighted by molar-refractivity contribution is -0.303. The number of allylic oxidation sites excluding steroid dienone is 4. The molecule has 9 atom stereocenters. The van der Waals surface area contributed by atoms with Crippen LogP contribution < -0.4 is 5.32 Å². The third-order valence-electron chi connectivity index (χ3n) is 10.2. The maximum Gasteiger partial charge on any atom is 0.249 e. The van der Waals surface area contributed by atoms with Gasteiger partial charge in [0.25, 0.3) is 0 Å². The van der Waals surface area contributed by atoms with Crippen LogP contribution in [0.25, 0.3) is 0 Å². The molecule has 11 heteroatoms. The van der Waals surface area contributed by atoms with Crippen LogP contribution in [-0.4, -0.2) is 110 Å². The Morgan fingerprint density at radius 1 is 0.642 bits per heavy atom. The Bertz CT molecular complexity index is 918. The van der Waals surface area contributed by atoms with Crippen molar-refractivity contribution in [3.05, 3.63) is 24.3 Å². The van der Waals surface area contributed by atoms with Gasteiger partial charge in [0.2, 0.25) is 5.91 Å². The lowest BCUT2D eigenvalue weighted by Crippen LogP contribution is -2.60. The maximum atomic E-state index is 13.0. The van der Waals surface area contributed by atoms with Crippen molar-refractivity contribution in [3.8, 4) is 0 Å². The Morgan fingerprint density at radius 3 is 1.68 bits per heavy atom. The van der Waals surface area contributed by atoms with E-state index in [9.17, 15) is 40.5 Å². The summed E-state index contributed by atoms with van der Waals surface area (Å²) in [6.45, 7) is 3.35. The van der Waals surface area contributed by atoms with Gasteiger partial charge in [0.15, 0.2) is 6.29 Å². The zero-order chi connectivity index (χ0) is 39.1. The topological polar surface area (TPSA) is 189 Å². The molecule has 1 aliphatic rings. The summed E-state index contributed by atoms with van der Waals surface area (Å²) in [6.07, 6.45) is 22.6. The molecule has 1 saturated heterocycles. The Labute approximate surface area is 321 Å². The van der Waals surface area contributed by atoms with Crippen molar-refractivity contribution in [1.29, 1.82) is 0 Å². The molecule has 1 aliphatic heterocycles. The first-order chi connectivity index (χ1) is 25.7. The van der Waals surface area contributed by atoms with Gasteiger partial charge in [0, 0.05) is 0 Å². The predicted molar refractivity (Wildman–Crippen MR) is 210 cm³/mol. The standard InChI is InChI=1S/C42H79NO10/c1-3-5-7-9-11-13-14-15-16-17-18-19-20-21-22-24-25-27-29-34(45)37(47)33(32-52-42-40(50)39(49)38(48)36(31-44)53-42)43-41(51)35(46)30-28-26-23-12-10-8-6-4-2/h18-19,22,24,33-40,42,44-50H,3-17,20-21,23,25-32H2,1-2H3,(H,43,51)/b19-18+,24-22+. The molecule has 8 N–H and O–H groups in total. The van der Waals surface area contributed by atoms with Crippen LogP contribution in [0.4, 0.5) is 0 Å². The van der Waals surface area contributed by atoms with Gasteiger partial charge in [-0.2, -0.15) is 0 Å². The first-order valence-corrected chi connectivity index (χ1v) is 21.2. The lowest BCUT2D eigenvalue weighted by Gasteiger charge is -2.40. The summed E-state index contributed by atoms with van der Waals surface area (Å²) in [6, 6.07) is -1.18. The van der Waals surface area contributed by atoms with Crippen molar-refractivity contribution < 1.29 is 50.0 Å². The van der Waals surface area contributed by atoms with Crippen LogP contribution in [0.3, 0.4) is 0 Å². The Balaban J connectivity index is 2.51. The lowest BCUT2D eigenvalue weighted by atomic mass is 9.98. The number of unbranched alkanes of at least 4 members (excludes halogenated alkanes) is 18. The summed E-state index contributed by atoms with van der Waals surface area (Å²) >= 11 is 0. The molecule has 11 nitrogen and oxygen atoms in total. The van der Waals surface area contributed by atoms with E-state index in [0.717, 1.165) is 38.5 Å². The summed E-state index contributed by atoms with van der Waals surface area (Å²) in [5, 5.41) is 75.2. The van der Waals surface area contributed by atoms with Crippen LogP contribution >= 0.6 is 0 Å². The van der Waals surface area contributed by atoms with Gasteiger partial charge in [-0.05, 0) is 51.4 Å². The number of ether oxygens (including phenoxy) is 2. The average Bonchev–Trinajstić information content (AvgIpc) is 3.16. The highest BCUT2D eigenvalue weighted by molar-refractivity contribution is 5.80. The summed E-state index contributed by atoms with van der Waals surface area (Å²) in [5.41, 5.74) is 0. The van der Waals surface area contributed by atoms with E-state index in [1.165, 1.54) is 83.5 Å². The number of carbonyl (C=O) groups excluding carboxylic acids is 1. The van der Waals surface area contributed by atoms with Gasteiger partial charge in [-0.1, -0.05) is 141 Å². The molecule has 0 spiro atoms. The number of rotatable bonds is 34. The van der Waals surface area contributed by atoms with Crippen LogP contribution in [0, 0.1) is 0 Å². The second-order valence-corrected chi connectivity index (χ2v) is 15.1. The third kappa shape index (κ3) is 23.3. The molecular formula is C42H79NO10. The van der Waals surface area contributed by atoms with Gasteiger partial charge in [-0.15, -0.1) is 0 Å². The molecule has 0 bridgehead atoms. The minimum absolute atomic E-state index is 0.247. The van der Waals surface area contributed by atoms with Gasteiger partial charge >= 0.3 is 0 Å². The highest BCUT2D eigenvalue weighted by Crippen LogP contribution is 2.23. The van der Waals surface area contributed by atoms with Crippen molar-refractivity contribution in [2.75, 3.05) is 13.2 Å². The minimum Gasteiger partial charge on any atom is -0.394 e. The van der Waals surface area contributed by atoms with Gasteiger partial charge in [-0.25, -0.2) is 0 Å². The molecule has 9 unspecified atom stereocenters. The highest BCUT2D eigenvalue weighted by atomic mass is 16.7. The summed E-state index contributed by atoms with van der Waals surface area (Å²) < 4.78 is 11.0. The molecule has 1 fully saturated rings. The molecule has 53 heavy (non-hydrogen) atoms. The maximum absolute atomic E-state index is 13.0. The number of nitrogens with one attached hydrogen (secondary N) is 1. The van der Waals surface area contributed by atoms with Crippen LogP contribution in [0.1, 0.15) is 168 Å². The summed E-state index contributed by atoms with van der Waals surface area (Å²) in [4.78, 5) is 13.0. The highest BCUT2D eigenvalue weighted by Gasteiger charge is 2.44. The SMILES string of the molecule is CCCCCCCCCCC/C=C/CC/C=C/CCCC(O)C(O)C(COC1OC(CO)C(O)C(O)C1O)NC(=O)C(O)CCCCCCCCCC. The molecule has 0 aromatic carbocycles. The van der Waals surface area contributed by atoms with Gasteiger partial charge in [-0.3, -0.25) is 4.79 Å². The van der Waals surface area contributed by atoms with E-state index in [2.05, 4.69) is 43.5 Å². The normalized spacial score (nSPS) is 23.1. The van der Waals surface area contributed by atoms with Gasteiger partial charge < -0.3 is 50.5 Å². The number of amides is 1. The Kier molecular flexibility index (Phi) is 30.7. The second kappa shape index (κ2) is 32.8.